The Morgan fingerprint density at radius 1 is 1.05 bits per heavy atom. The highest BCUT2D eigenvalue weighted by molar-refractivity contribution is 5.75. The van der Waals surface area contributed by atoms with E-state index in [1.807, 2.05) is 12.2 Å². The molecule has 0 aliphatic heterocycles. The molecule has 2 saturated carbocycles. The second kappa shape index (κ2) is 14.1. The van der Waals surface area contributed by atoms with Gasteiger partial charge >= 0.3 is 17.9 Å². The molecule has 9 atom stereocenters. The summed E-state index contributed by atoms with van der Waals surface area (Å²) in [5.41, 5.74) is 11.6. The molecule has 4 unspecified atom stereocenters. The summed E-state index contributed by atoms with van der Waals surface area (Å²) in [4.78, 5) is 35.9. The number of rotatable bonds is 14. The number of esters is 2. The van der Waals surface area contributed by atoms with Gasteiger partial charge in [-0.15, -0.1) is 0 Å². The van der Waals surface area contributed by atoms with Gasteiger partial charge in [0.2, 0.25) is 0 Å². The molecule has 2 fully saturated rings. The summed E-state index contributed by atoms with van der Waals surface area (Å²) in [6, 6.07) is -1.37. The van der Waals surface area contributed by atoms with Crippen LogP contribution in [0, 0.1) is 29.6 Å². The van der Waals surface area contributed by atoms with Gasteiger partial charge in [-0.05, 0) is 88.5 Å². The maximum absolute atomic E-state index is 12.5. The molecule has 0 aromatic carbocycles. The van der Waals surface area contributed by atoms with E-state index >= 15 is 0 Å². The van der Waals surface area contributed by atoms with Gasteiger partial charge in [-0.2, -0.15) is 0 Å². The second-order valence-electron chi connectivity index (χ2n) is 11.4. The maximum atomic E-state index is 12.5. The Hall–Kier alpha value is -2.39. The van der Waals surface area contributed by atoms with Crippen molar-refractivity contribution in [2.75, 3.05) is 6.61 Å². The first-order chi connectivity index (χ1) is 18.1. The average Bonchev–Trinajstić information content (AvgIpc) is 3.19. The Balaban J connectivity index is 1.74. The van der Waals surface area contributed by atoms with Crippen LogP contribution in [-0.4, -0.2) is 53.9 Å². The fourth-order valence-electron chi connectivity index (χ4n) is 6.47. The van der Waals surface area contributed by atoms with E-state index in [4.69, 9.17) is 30.8 Å². The van der Waals surface area contributed by atoms with E-state index in [9.17, 15) is 14.4 Å². The van der Waals surface area contributed by atoms with Crippen molar-refractivity contribution >= 4 is 17.9 Å². The van der Waals surface area contributed by atoms with Crippen molar-refractivity contribution in [3.63, 3.8) is 0 Å². The van der Waals surface area contributed by atoms with Crippen LogP contribution in [0.15, 0.2) is 24.0 Å². The number of carboxylic acid groups (broad SMARTS) is 1. The van der Waals surface area contributed by atoms with Crippen molar-refractivity contribution in [3.05, 3.63) is 24.0 Å². The number of carbonyl (C=O) groups is 3. The molecule has 0 amide bonds. The van der Waals surface area contributed by atoms with Gasteiger partial charge in [0.15, 0.2) is 6.61 Å². The van der Waals surface area contributed by atoms with E-state index in [1.165, 1.54) is 0 Å². The summed E-state index contributed by atoms with van der Waals surface area (Å²) in [6.07, 6.45) is 13.5. The third kappa shape index (κ3) is 8.06. The van der Waals surface area contributed by atoms with Crippen LogP contribution in [0.5, 0.6) is 0 Å². The Bertz CT molecular complexity index is 884. The fraction of sp³-hybridized carbons (Fsp3) is 0.759. The standard InChI is InChI=1S/C29H46N2O7/c1-4-5-6-9-21(37-28(34)17(2)30)11-12-22-23-13-19-8-7-10-25(36-16-27(32)33)24(19)14-20(23)15-26(22)38-29(35)18(3)31/h7-8,10,17-24,26H,4-6,9,11-16,30-31H2,1-3H3,(H,32,33)/t17?,18?,19-,20?,21+,22-,23?,24+,26-/m1/s1. The van der Waals surface area contributed by atoms with Gasteiger partial charge in [0.25, 0.3) is 0 Å². The Morgan fingerprint density at radius 3 is 2.45 bits per heavy atom. The van der Waals surface area contributed by atoms with Gasteiger partial charge in [0.05, 0.1) is 0 Å². The largest absolute Gasteiger partial charge is 0.486 e. The second-order valence-corrected chi connectivity index (χ2v) is 11.4. The van der Waals surface area contributed by atoms with Crippen molar-refractivity contribution in [2.45, 2.75) is 103 Å². The minimum absolute atomic E-state index is 0.123. The number of allylic oxidation sites excluding steroid dienone is 4. The summed E-state index contributed by atoms with van der Waals surface area (Å²) < 4.78 is 17.4. The lowest BCUT2D eigenvalue weighted by Gasteiger charge is -2.41. The van der Waals surface area contributed by atoms with Gasteiger partial charge in [-0.1, -0.05) is 31.9 Å². The molecule has 9 nitrogen and oxygen atoms in total. The zero-order valence-electron chi connectivity index (χ0n) is 23.1. The van der Waals surface area contributed by atoms with Crippen LogP contribution in [0.2, 0.25) is 0 Å². The molecule has 0 aromatic rings. The fourth-order valence-corrected chi connectivity index (χ4v) is 6.47. The monoisotopic (exact) mass is 534 g/mol. The number of fused-ring (bicyclic) bond motifs is 2. The molecule has 0 aromatic heterocycles. The molecule has 0 heterocycles. The minimum atomic E-state index is -0.993. The Kier molecular flexibility index (Phi) is 11.2. The highest BCUT2D eigenvalue weighted by Crippen LogP contribution is 2.54. The Morgan fingerprint density at radius 2 is 1.79 bits per heavy atom. The molecule has 3 aliphatic carbocycles. The van der Waals surface area contributed by atoms with Crippen molar-refractivity contribution in [3.8, 4) is 0 Å². The van der Waals surface area contributed by atoms with E-state index < -0.39 is 24.0 Å². The summed E-state index contributed by atoms with van der Waals surface area (Å²) in [5.74, 6) is 0.108. The highest BCUT2D eigenvalue weighted by atomic mass is 16.6. The van der Waals surface area contributed by atoms with Crippen molar-refractivity contribution in [2.24, 2.45) is 41.1 Å². The SMILES string of the molecule is CCCCC[C@@H](CC[C@@H]1C2C[C@H]3C=CC=C(OCC(=O)O)[C@H]3CC2C[C@H]1OC(=O)C(C)N)OC(=O)C(C)N. The van der Waals surface area contributed by atoms with Crippen LogP contribution in [0.25, 0.3) is 0 Å². The quantitative estimate of drug-likeness (QED) is 0.224. The minimum Gasteiger partial charge on any atom is -0.486 e. The summed E-state index contributed by atoms with van der Waals surface area (Å²) >= 11 is 0. The molecule has 0 radical (unpaired) electrons. The molecule has 0 saturated heterocycles. The number of nitrogens with two attached hydrogens (primary N) is 2. The molecule has 3 aliphatic rings. The third-order valence-electron chi connectivity index (χ3n) is 8.38. The lowest BCUT2D eigenvalue weighted by Crippen LogP contribution is -2.37. The molecular weight excluding hydrogens is 488 g/mol. The predicted octanol–water partition coefficient (Wildman–Crippen LogP) is 3.70. The van der Waals surface area contributed by atoms with Gasteiger partial charge in [-0.3, -0.25) is 9.59 Å². The van der Waals surface area contributed by atoms with Crippen molar-refractivity contribution < 1.29 is 33.7 Å². The van der Waals surface area contributed by atoms with Crippen LogP contribution in [0.4, 0.5) is 0 Å². The van der Waals surface area contributed by atoms with E-state index in [1.54, 1.807) is 13.8 Å². The first kappa shape index (κ1) is 30.2. The normalized spacial score (nSPS) is 30.3. The first-order valence-corrected chi connectivity index (χ1v) is 14.3. The van der Waals surface area contributed by atoms with Crippen LogP contribution in [0.3, 0.4) is 0 Å². The number of ether oxygens (including phenoxy) is 3. The van der Waals surface area contributed by atoms with E-state index in [0.29, 0.717) is 18.3 Å². The molecule has 0 bridgehead atoms. The summed E-state index contributed by atoms with van der Waals surface area (Å²) in [7, 11) is 0. The van der Waals surface area contributed by atoms with Gasteiger partial charge < -0.3 is 30.8 Å². The molecule has 38 heavy (non-hydrogen) atoms. The number of carboxylic acids is 1. The predicted molar refractivity (Wildman–Crippen MR) is 143 cm³/mol. The van der Waals surface area contributed by atoms with Gasteiger partial charge in [0.1, 0.15) is 30.1 Å². The number of unbranched alkanes of at least 4 members (excludes halogenated alkanes) is 2. The molecule has 214 valence electrons. The van der Waals surface area contributed by atoms with Gasteiger partial charge in [-0.25, -0.2) is 4.79 Å². The maximum Gasteiger partial charge on any atom is 0.341 e. The lowest BCUT2D eigenvalue weighted by molar-refractivity contribution is -0.153. The summed E-state index contributed by atoms with van der Waals surface area (Å²) in [5, 5.41) is 9.08. The van der Waals surface area contributed by atoms with E-state index in [2.05, 4.69) is 13.0 Å². The van der Waals surface area contributed by atoms with Crippen LogP contribution in [0.1, 0.15) is 78.6 Å². The van der Waals surface area contributed by atoms with Crippen LogP contribution >= 0.6 is 0 Å². The average molecular weight is 535 g/mol. The molecular formula is C29H46N2O7. The van der Waals surface area contributed by atoms with E-state index in [-0.39, 0.29) is 42.5 Å². The highest BCUT2D eigenvalue weighted by Gasteiger charge is 2.50. The Labute approximate surface area is 226 Å². The number of hydrogen-bond donors (Lipinski definition) is 3. The number of aliphatic carboxylic acids is 1. The summed E-state index contributed by atoms with van der Waals surface area (Å²) in [6.45, 7) is 5.05. The van der Waals surface area contributed by atoms with Crippen LogP contribution < -0.4 is 11.5 Å². The van der Waals surface area contributed by atoms with Gasteiger partial charge in [0, 0.05) is 5.92 Å². The van der Waals surface area contributed by atoms with Crippen molar-refractivity contribution in [1.29, 1.82) is 0 Å². The molecule has 3 rings (SSSR count). The molecule has 5 N–H and O–H groups in total. The zero-order chi connectivity index (χ0) is 27.8. The molecule has 0 spiro atoms. The number of hydrogen-bond acceptors (Lipinski definition) is 8. The molecule has 9 heteroatoms. The van der Waals surface area contributed by atoms with E-state index in [0.717, 1.165) is 57.1 Å². The lowest BCUT2D eigenvalue weighted by atomic mass is 9.65. The zero-order valence-corrected chi connectivity index (χ0v) is 23.1. The topological polar surface area (TPSA) is 151 Å². The van der Waals surface area contributed by atoms with Crippen LogP contribution in [-0.2, 0) is 28.6 Å². The third-order valence-corrected chi connectivity index (χ3v) is 8.38. The smallest absolute Gasteiger partial charge is 0.341 e. The first-order valence-electron chi connectivity index (χ1n) is 14.3. The van der Waals surface area contributed by atoms with Crippen molar-refractivity contribution in [1.82, 2.24) is 0 Å². The number of carbonyl (C=O) groups excluding carboxylic acids is 2.